The molecule has 0 bridgehead atoms. The lowest BCUT2D eigenvalue weighted by Gasteiger charge is -2.32. The fourth-order valence-electron chi connectivity index (χ4n) is 4.04. The predicted octanol–water partition coefficient (Wildman–Crippen LogP) is 4.37. The van der Waals surface area contributed by atoms with Crippen LogP contribution in [-0.4, -0.2) is 50.0 Å². The van der Waals surface area contributed by atoms with E-state index in [9.17, 15) is 22.4 Å². The van der Waals surface area contributed by atoms with Gasteiger partial charge in [0.25, 0.3) is 0 Å². The fraction of sp³-hybridized carbons (Fsp3) is 0.417. The average Bonchev–Trinajstić information content (AvgIpc) is 3.30. The highest BCUT2D eigenvalue weighted by molar-refractivity contribution is 7.92. The molecule has 1 fully saturated rings. The molecule has 3 rings (SSSR count). The molecule has 0 aliphatic heterocycles. The van der Waals surface area contributed by atoms with Crippen LogP contribution in [0, 0.1) is 5.82 Å². The van der Waals surface area contributed by atoms with Crippen molar-refractivity contribution in [3.63, 3.8) is 0 Å². The Balaban J connectivity index is 1.90. The number of carbonyl (C=O) groups excluding carboxylic acids is 2. The number of nitrogens with one attached hydrogen (secondary N) is 1. The number of carbonyl (C=O) groups is 2. The molecule has 0 saturated heterocycles. The number of benzene rings is 2. The number of amides is 2. The summed E-state index contributed by atoms with van der Waals surface area (Å²) in [6.45, 7) is 0.990. The molecule has 7 nitrogen and oxygen atoms in total. The highest BCUT2D eigenvalue weighted by Crippen LogP contribution is 2.26. The van der Waals surface area contributed by atoms with Gasteiger partial charge in [-0.05, 0) is 49.6 Å². The smallest absolute Gasteiger partial charge is 0.244 e. The molecule has 1 N–H and O–H groups in total. The van der Waals surface area contributed by atoms with Crippen molar-refractivity contribution in [2.75, 3.05) is 17.1 Å². The van der Waals surface area contributed by atoms with Crippen LogP contribution >= 0.6 is 23.2 Å². The highest BCUT2D eigenvalue weighted by Gasteiger charge is 2.31. The van der Waals surface area contributed by atoms with Crippen LogP contribution < -0.4 is 9.62 Å². The first-order valence-corrected chi connectivity index (χ1v) is 13.8. The second kappa shape index (κ2) is 11.6. The average molecular weight is 544 g/mol. The summed E-state index contributed by atoms with van der Waals surface area (Å²) < 4.78 is 39.6. The van der Waals surface area contributed by atoms with E-state index in [0.29, 0.717) is 10.6 Å². The summed E-state index contributed by atoms with van der Waals surface area (Å²) in [5, 5.41) is 3.13. The molecule has 11 heteroatoms. The Morgan fingerprint density at radius 3 is 2.37 bits per heavy atom. The summed E-state index contributed by atoms with van der Waals surface area (Å²) in [7, 11) is -3.94. The Kier molecular flexibility index (Phi) is 9.01. The van der Waals surface area contributed by atoms with Crippen molar-refractivity contribution in [2.45, 2.75) is 51.2 Å². The van der Waals surface area contributed by atoms with Gasteiger partial charge in [0.15, 0.2) is 0 Å². The van der Waals surface area contributed by atoms with E-state index in [1.807, 2.05) is 0 Å². The quantitative estimate of drug-likeness (QED) is 0.508. The predicted molar refractivity (Wildman–Crippen MR) is 135 cm³/mol. The van der Waals surface area contributed by atoms with E-state index >= 15 is 0 Å². The zero-order valence-corrected chi connectivity index (χ0v) is 21.8. The van der Waals surface area contributed by atoms with Gasteiger partial charge in [0.1, 0.15) is 18.4 Å². The molecule has 0 radical (unpaired) electrons. The lowest BCUT2D eigenvalue weighted by Crippen LogP contribution is -2.52. The number of hydrogen-bond acceptors (Lipinski definition) is 4. The van der Waals surface area contributed by atoms with Crippen molar-refractivity contribution in [3.8, 4) is 0 Å². The Morgan fingerprint density at radius 1 is 1.11 bits per heavy atom. The van der Waals surface area contributed by atoms with Crippen molar-refractivity contribution in [2.24, 2.45) is 0 Å². The van der Waals surface area contributed by atoms with E-state index in [1.54, 1.807) is 31.2 Å². The lowest BCUT2D eigenvalue weighted by atomic mass is 10.1. The monoisotopic (exact) mass is 543 g/mol. The standard InChI is InChI=1S/C24H28Cl2FN3O4S/c1-16(24(32)28-18-8-4-5-9-18)29(14-17-7-3-6-10-20(17)25)23(31)15-30(35(2,33)34)19-11-12-22(27)21(26)13-19/h3,6-7,10-13,16,18H,4-5,8-9,14-15H2,1-2H3,(H,28,32)/t16-/m0/s1. The first kappa shape index (κ1) is 27.2. The molecule has 35 heavy (non-hydrogen) atoms. The van der Waals surface area contributed by atoms with Crippen molar-refractivity contribution >= 4 is 50.7 Å². The second-order valence-electron chi connectivity index (χ2n) is 8.65. The molecule has 1 aliphatic carbocycles. The lowest BCUT2D eigenvalue weighted by molar-refractivity contribution is -0.139. The molecule has 2 aromatic carbocycles. The van der Waals surface area contributed by atoms with Crippen LogP contribution in [-0.2, 0) is 26.2 Å². The van der Waals surface area contributed by atoms with Gasteiger partial charge in [0, 0.05) is 17.6 Å². The molecule has 2 amide bonds. The van der Waals surface area contributed by atoms with E-state index in [4.69, 9.17) is 23.2 Å². The Hall–Kier alpha value is -2.36. The first-order valence-electron chi connectivity index (χ1n) is 11.2. The van der Waals surface area contributed by atoms with Crippen LogP contribution in [0.3, 0.4) is 0 Å². The van der Waals surface area contributed by atoms with E-state index in [2.05, 4.69) is 5.32 Å². The van der Waals surface area contributed by atoms with Gasteiger partial charge in [-0.3, -0.25) is 13.9 Å². The molecule has 1 saturated carbocycles. The van der Waals surface area contributed by atoms with Gasteiger partial charge >= 0.3 is 0 Å². The van der Waals surface area contributed by atoms with Gasteiger partial charge in [-0.25, -0.2) is 12.8 Å². The molecule has 2 aromatic rings. The molecular formula is C24H28Cl2FN3O4S. The minimum Gasteiger partial charge on any atom is -0.352 e. The molecule has 1 atom stereocenters. The number of anilines is 1. The van der Waals surface area contributed by atoms with Crippen LogP contribution in [0.5, 0.6) is 0 Å². The Bertz CT molecular complexity index is 1190. The number of sulfonamides is 1. The maximum atomic E-state index is 13.7. The molecular weight excluding hydrogens is 516 g/mol. The largest absolute Gasteiger partial charge is 0.352 e. The van der Waals surface area contributed by atoms with Gasteiger partial charge < -0.3 is 10.2 Å². The zero-order chi connectivity index (χ0) is 25.8. The normalized spacial score (nSPS) is 15.0. The summed E-state index contributed by atoms with van der Waals surface area (Å²) in [6, 6.07) is 9.47. The second-order valence-corrected chi connectivity index (χ2v) is 11.4. The fourth-order valence-corrected chi connectivity index (χ4v) is 5.25. The third kappa shape index (κ3) is 7.08. The third-order valence-electron chi connectivity index (χ3n) is 6.04. The number of hydrogen-bond donors (Lipinski definition) is 1. The molecule has 0 spiro atoms. The summed E-state index contributed by atoms with van der Waals surface area (Å²) in [4.78, 5) is 27.8. The van der Waals surface area contributed by atoms with Crippen molar-refractivity contribution < 1.29 is 22.4 Å². The minimum absolute atomic E-state index is 0.000460. The van der Waals surface area contributed by atoms with Crippen LogP contribution in [0.4, 0.5) is 10.1 Å². The molecule has 190 valence electrons. The van der Waals surface area contributed by atoms with Gasteiger partial charge in [0.05, 0.1) is 17.0 Å². The van der Waals surface area contributed by atoms with Crippen LogP contribution in [0.15, 0.2) is 42.5 Å². The Morgan fingerprint density at radius 2 is 1.77 bits per heavy atom. The summed E-state index contributed by atoms with van der Waals surface area (Å²) in [5.74, 6) is -1.66. The third-order valence-corrected chi connectivity index (χ3v) is 7.84. The summed E-state index contributed by atoms with van der Waals surface area (Å²) in [5.41, 5.74) is 0.645. The van der Waals surface area contributed by atoms with E-state index in [1.165, 1.54) is 11.0 Å². The van der Waals surface area contributed by atoms with Gasteiger partial charge in [-0.1, -0.05) is 54.2 Å². The highest BCUT2D eigenvalue weighted by atomic mass is 35.5. The first-order chi connectivity index (χ1) is 16.5. The molecule has 0 unspecified atom stereocenters. The topological polar surface area (TPSA) is 86.8 Å². The Labute approximate surface area is 215 Å². The van der Waals surface area contributed by atoms with E-state index < -0.39 is 34.3 Å². The van der Waals surface area contributed by atoms with Crippen molar-refractivity contribution in [3.05, 3.63) is 63.9 Å². The number of nitrogens with zero attached hydrogens (tertiary/aromatic N) is 2. The zero-order valence-electron chi connectivity index (χ0n) is 19.5. The molecule has 0 aromatic heterocycles. The minimum atomic E-state index is -3.94. The maximum Gasteiger partial charge on any atom is 0.244 e. The maximum absolute atomic E-state index is 13.7. The van der Waals surface area contributed by atoms with Crippen molar-refractivity contribution in [1.82, 2.24) is 10.2 Å². The van der Waals surface area contributed by atoms with Gasteiger partial charge in [0.2, 0.25) is 21.8 Å². The van der Waals surface area contributed by atoms with Crippen molar-refractivity contribution in [1.29, 1.82) is 0 Å². The SMILES string of the molecule is C[C@@H](C(=O)NC1CCCC1)N(Cc1ccccc1Cl)C(=O)CN(c1ccc(F)c(Cl)c1)S(C)(=O)=O. The number of halogens is 3. The molecule has 1 aliphatic rings. The van der Waals surface area contributed by atoms with Crippen LogP contribution in [0.25, 0.3) is 0 Å². The van der Waals surface area contributed by atoms with E-state index in [0.717, 1.165) is 48.4 Å². The van der Waals surface area contributed by atoms with Crippen LogP contribution in [0.2, 0.25) is 10.0 Å². The van der Waals surface area contributed by atoms with Gasteiger partial charge in [-0.15, -0.1) is 0 Å². The van der Waals surface area contributed by atoms with E-state index in [-0.39, 0.29) is 29.2 Å². The van der Waals surface area contributed by atoms with Crippen LogP contribution in [0.1, 0.15) is 38.2 Å². The van der Waals surface area contributed by atoms with Gasteiger partial charge in [-0.2, -0.15) is 0 Å². The summed E-state index contributed by atoms with van der Waals surface area (Å²) >= 11 is 12.2. The summed E-state index contributed by atoms with van der Waals surface area (Å²) in [6.07, 6.45) is 4.76. The molecule has 0 heterocycles. The number of rotatable bonds is 9.